The average molecular weight is 422 g/mol. The van der Waals surface area contributed by atoms with Gasteiger partial charge in [0.2, 0.25) is 11.8 Å². The number of primary amides is 1. The summed E-state index contributed by atoms with van der Waals surface area (Å²) in [5.41, 5.74) is 7.37. The molecule has 1 aromatic heterocycles. The molecule has 3 heterocycles. The number of carbonyl (C=O) groups excluding carboxylic acids is 3. The number of anilines is 3. The Labute approximate surface area is 181 Å². The number of nitrogens with zero attached hydrogens (tertiary/aromatic N) is 3. The SMILES string of the molecule is NC(=O)C1CCCN(c2ccc(NC(=O)c3ccc(N4CCCCC4=O)cc3)cn2)C1. The highest BCUT2D eigenvalue weighted by atomic mass is 16.2. The van der Waals surface area contributed by atoms with Gasteiger partial charge in [-0.2, -0.15) is 0 Å². The Morgan fingerprint density at radius 3 is 2.52 bits per heavy atom. The summed E-state index contributed by atoms with van der Waals surface area (Å²) in [6, 6.07) is 10.7. The van der Waals surface area contributed by atoms with Crippen molar-refractivity contribution >= 4 is 34.9 Å². The molecule has 3 amide bonds. The summed E-state index contributed by atoms with van der Waals surface area (Å²) in [6.07, 6.45) is 5.83. The van der Waals surface area contributed by atoms with Crippen molar-refractivity contribution in [2.24, 2.45) is 11.7 Å². The van der Waals surface area contributed by atoms with Crippen LogP contribution in [0.25, 0.3) is 0 Å². The molecule has 1 aromatic carbocycles. The van der Waals surface area contributed by atoms with E-state index in [1.807, 2.05) is 23.1 Å². The monoisotopic (exact) mass is 421 g/mol. The number of nitrogens with one attached hydrogen (secondary N) is 1. The van der Waals surface area contributed by atoms with E-state index in [9.17, 15) is 14.4 Å². The summed E-state index contributed by atoms with van der Waals surface area (Å²) in [6.45, 7) is 2.12. The third kappa shape index (κ3) is 4.84. The van der Waals surface area contributed by atoms with Crippen molar-refractivity contribution in [1.29, 1.82) is 0 Å². The second kappa shape index (κ2) is 9.16. The van der Waals surface area contributed by atoms with E-state index >= 15 is 0 Å². The number of hydrogen-bond acceptors (Lipinski definition) is 5. The number of nitrogens with two attached hydrogens (primary N) is 1. The van der Waals surface area contributed by atoms with Crippen molar-refractivity contribution in [3.05, 3.63) is 48.2 Å². The van der Waals surface area contributed by atoms with Crippen LogP contribution in [0.15, 0.2) is 42.6 Å². The van der Waals surface area contributed by atoms with E-state index in [-0.39, 0.29) is 23.6 Å². The minimum atomic E-state index is -0.274. The number of hydrogen-bond donors (Lipinski definition) is 2. The van der Waals surface area contributed by atoms with E-state index in [1.54, 1.807) is 29.3 Å². The van der Waals surface area contributed by atoms with Gasteiger partial charge in [0.25, 0.3) is 5.91 Å². The van der Waals surface area contributed by atoms with Gasteiger partial charge >= 0.3 is 0 Å². The minimum absolute atomic E-state index is 0.130. The second-order valence-corrected chi connectivity index (χ2v) is 8.10. The van der Waals surface area contributed by atoms with Gasteiger partial charge in [-0.1, -0.05) is 0 Å². The quantitative estimate of drug-likeness (QED) is 0.771. The van der Waals surface area contributed by atoms with Crippen molar-refractivity contribution in [1.82, 2.24) is 4.98 Å². The number of carbonyl (C=O) groups is 3. The molecule has 2 aromatic rings. The number of aromatic nitrogens is 1. The zero-order valence-electron chi connectivity index (χ0n) is 17.4. The lowest BCUT2D eigenvalue weighted by Gasteiger charge is -2.32. The predicted molar refractivity (Wildman–Crippen MR) is 119 cm³/mol. The van der Waals surface area contributed by atoms with Crippen LogP contribution < -0.4 is 20.9 Å². The first-order valence-corrected chi connectivity index (χ1v) is 10.7. The lowest BCUT2D eigenvalue weighted by Crippen LogP contribution is -2.41. The van der Waals surface area contributed by atoms with E-state index in [0.29, 0.717) is 24.2 Å². The Kier molecular flexibility index (Phi) is 6.16. The van der Waals surface area contributed by atoms with Gasteiger partial charge in [-0.15, -0.1) is 0 Å². The Hall–Kier alpha value is -3.42. The fourth-order valence-corrected chi connectivity index (χ4v) is 4.14. The largest absolute Gasteiger partial charge is 0.369 e. The van der Waals surface area contributed by atoms with Crippen molar-refractivity contribution < 1.29 is 14.4 Å². The third-order valence-electron chi connectivity index (χ3n) is 5.92. The zero-order chi connectivity index (χ0) is 21.8. The molecule has 8 heteroatoms. The van der Waals surface area contributed by atoms with Crippen molar-refractivity contribution in [2.45, 2.75) is 32.1 Å². The maximum Gasteiger partial charge on any atom is 0.255 e. The van der Waals surface area contributed by atoms with Crippen LogP contribution in [0.4, 0.5) is 17.2 Å². The summed E-state index contributed by atoms with van der Waals surface area (Å²) >= 11 is 0. The fraction of sp³-hybridized carbons (Fsp3) is 0.391. The van der Waals surface area contributed by atoms with E-state index in [1.165, 1.54) is 0 Å². The molecule has 2 saturated heterocycles. The van der Waals surface area contributed by atoms with Crippen LogP contribution in [0.5, 0.6) is 0 Å². The van der Waals surface area contributed by atoms with E-state index in [0.717, 1.165) is 50.3 Å². The third-order valence-corrected chi connectivity index (χ3v) is 5.92. The van der Waals surface area contributed by atoms with Crippen LogP contribution in [-0.4, -0.2) is 42.3 Å². The van der Waals surface area contributed by atoms with Crippen molar-refractivity contribution in [2.75, 3.05) is 34.8 Å². The van der Waals surface area contributed by atoms with Crippen LogP contribution in [-0.2, 0) is 9.59 Å². The Bertz CT molecular complexity index is 958. The molecule has 0 aliphatic carbocycles. The first-order valence-electron chi connectivity index (χ1n) is 10.7. The highest BCUT2D eigenvalue weighted by molar-refractivity contribution is 6.04. The molecule has 0 spiro atoms. The molecule has 4 rings (SSSR count). The Morgan fingerprint density at radius 1 is 1.03 bits per heavy atom. The molecule has 31 heavy (non-hydrogen) atoms. The maximum absolute atomic E-state index is 12.6. The van der Waals surface area contributed by atoms with Crippen LogP contribution in [0.3, 0.4) is 0 Å². The Balaban J connectivity index is 1.37. The smallest absolute Gasteiger partial charge is 0.255 e. The summed E-state index contributed by atoms with van der Waals surface area (Å²) < 4.78 is 0. The van der Waals surface area contributed by atoms with E-state index < -0.39 is 0 Å². The highest BCUT2D eigenvalue weighted by Gasteiger charge is 2.25. The number of rotatable bonds is 5. The van der Waals surface area contributed by atoms with Gasteiger partial charge < -0.3 is 20.9 Å². The van der Waals surface area contributed by atoms with Gasteiger partial charge in [0, 0.05) is 37.3 Å². The standard InChI is InChI=1S/C23H27N5O3/c24-22(30)17-4-3-12-27(15-17)20-11-8-18(14-25-20)26-23(31)16-6-9-19(10-7-16)28-13-2-1-5-21(28)29/h6-11,14,17H,1-5,12-13,15H2,(H2,24,30)(H,26,31). The molecule has 2 fully saturated rings. The number of amides is 3. The van der Waals surface area contributed by atoms with Crippen LogP contribution >= 0.6 is 0 Å². The molecule has 2 aliphatic heterocycles. The number of piperidine rings is 2. The molecular weight excluding hydrogens is 394 g/mol. The average Bonchev–Trinajstić information content (AvgIpc) is 2.80. The minimum Gasteiger partial charge on any atom is -0.369 e. The van der Waals surface area contributed by atoms with E-state index in [4.69, 9.17) is 5.73 Å². The van der Waals surface area contributed by atoms with Gasteiger partial charge in [-0.05, 0) is 62.1 Å². The molecule has 0 saturated carbocycles. The van der Waals surface area contributed by atoms with Gasteiger partial charge in [-0.25, -0.2) is 4.98 Å². The molecule has 162 valence electrons. The predicted octanol–water partition coefficient (Wildman–Crippen LogP) is 2.55. The topological polar surface area (TPSA) is 109 Å². The van der Waals surface area contributed by atoms with Gasteiger partial charge in [-0.3, -0.25) is 14.4 Å². The lowest BCUT2D eigenvalue weighted by atomic mass is 9.97. The summed E-state index contributed by atoms with van der Waals surface area (Å²) in [7, 11) is 0. The number of pyridine rings is 1. The highest BCUT2D eigenvalue weighted by Crippen LogP contribution is 2.24. The molecule has 3 N–H and O–H groups in total. The van der Waals surface area contributed by atoms with E-state index in [2.05, 4.69) is 10.3 Å². The summed E-state index contributed by atoms with van der Waals surface area (Å²) in [5.74, 6) is 0.227. The summed E-state index contributed by atoms with van der Waals surface area (Å²) in [4.78, 5) is 44.4. The van der Waals surface area contributed by atoms with Crippen LogP contribution in [0, 0.1) is 5.92 Å². The molecule has 0 radical (unpaired) electrons. The first-order chi connectivity index (χ1) is 15.0. The normalized spacial score (nSPS) is 19.2. The zero-order valence-corrected chi connectivity index (χ0v) is 17.4. The van der Waals surface area contributed by atoms with Gasteiger partial charge in [0.05, 0.1) is 17.8 Å². The lowest BCUT2D eigenvalue weighted by molar-refractivity contribution is -0.122. The van der Waals surface area contributed by atoms with Gasteiger partial charge in [0.15, 0.2) is 0 Å². The summed E-state index contributed by atoms with van der Waals surface area (Å²) in [5, 5.41) is 2.85. The molecular formula is C23H27N5O3. The van der Waals surface area contributed by atoms with Crippen LogP contribution in [0.1, 0.15) is 42.5 Å². The second-order valence-electron chi connectivity index (χ2n) is 8.10. The molecule has 0 bridgehead atoms. The molecule has 2 aliphatic rings. The van der Waals surface area contributed by atoms with Crippen molar-refractivity contribution in [3.8, 4) is 0 Å². The molecule has 8 nitrogen and oxygen atoms in total. The molecule has 1 unspecified atom stereocenters. The van der Waals surface area contributed by atoms with Crippen molar-refractivity contribution in [3.63, 3.8) is 0 Å². The fourth-order valence-electron chi connectivity index (χ4n) is 4.14. The molecule has 1 atom stereocenters. The Morgan fingerprint density at radius 2 is 1.84 bits per heavy atom. The van der Waals surface area contributed by atoms with Crippen LogP contribution in [0.2, 0.25) is 0 Å². The first kappa shape index (κ1) is 20.8. The number of benzene rings is 1. The van der Waals surface area contributed by atoms with Gasteiger partial charge in [0.1, 0.15) is 5.82 Å². The maximum atomic E-state index is 12.6.